The van der Waals surface area contributed by atoms with Crippen LogP contribution in [0.2, 0.25) is 0 Å². The van der Waals surface area contributed by atoms with Crippen molar-refractivity contribution in [3.63, 3.8) is 0 Å². The molecule has 0 saturated heterocycles. The summed E-state index contributed by atoms with van der Waals surface area (Å²) in [7, 11) is 0. The Balaban J connectivity index is -0.0000000800. The van der Waals surface area contributed by atoms with Crippen LogP contribution >= 0.6 is 29.4 Å². The summed E-state index contributed by atoms with van der Waals surface area (Å²) in [5.41, 5.74) is 1.38. The van der Waals surface area contributed by atoms with Crippen molar-refractivity contribution in [2.24, 2.45) is 0 Å². The number of hydrogen-bond acceptors (Lipinski definition) is 0. The van der Waals surface area contributed by atoms with Gasteiger partial charge in [-0.2, -0.15) is 0 Å². The third kappa shape index (κ3) is 21.0. The fourth-order valence-electron chi connectivity index (χ4n) is 0. The van der Waals surface area contributed by atoms with Crippen molar-refractivity contribution >= 4 is 29.4 Å². The molecule has 0 aromatic carbocycles. The van der Waals surface area contributed by atoms with Gasteiger partial charge in [-0.25, -0.2) is 0 Å². The Bertz CT molecular complexity index is 46.0. The highest BCUT2D eigenvalue weighted by Crippen LogP contribution is 1.82. The van der Waals surface area contributed by atoms with Gasteiger partial charge >= 0.3 is 0 Å². The molecule has 46 valence electrons. The molecule has 0 atom stereocenters. The topological polar surface area (TPSA) is 0 Å². The van der Waals surface area contributed by atoms with Gasteiger partial charge in [0.2, 0.25) is 0 Å². The third-order valence-electron chi connectivity index (χ3n) is 0.577. The summed E-state index contributed by atoms with van der Waals surface area (Å²) in [4.78, 5) is 0. The third-order valence-corrected chi connectivity index (χ3v) is 0.577. The summed E-state index contributed by atoms with van der Waals surface area (Å²) in [6, 6.07) is 0. The maximum absolute atomic E-state index is 2.08. The lowest BCUT2D eigenvalue weighted by Crippen LogP contribution is -1.52. The zero-order chi connectivity index (χ0) is 4.28. The van der Waals surface area contributed by atoms with Crippen LogP contribution in [0.4, 0.5) is 0 Å². The molecule has 0 radical (unpaired) electrons. The van der Waals surface area contributed by atoms with Crippen molar-refractivity contribution in [1.29, 1.82) is 0 Å². The second-order valence-electron chi connectivity index (χ2n) is 1.37. The smallest absolute Gasteiger partial charge is 0.0442 e. The molecule has 7 heavy (non-hydrogen) atoms. The Labute approximate surface area is 62.2 Å². The minimum absolute atomic E-state index is 0. The minimum Gasteiger partial charge on any atom is -0.147 e. The van der Waals surface area contributed by atoms with Crippen molar-refractivity contribution in [3.8, 4) is 0 Å². The predicted octanol–water partition coefficient (Wildman–Crippen LogP) is 2.97. The molecule has 0 rings (SSSR count). The molecule has 0 aromatic rings. The number of halogens is 2. The molecule has 0 N–H and O–H groups in total. The molecular weight excluding hydrogens is 175 g/mol. The second-order valence-corrected chi connectivity index (χ2v) is 1.37. The highest BCUT2D eigenvalue weighted by molar-refractivity contribution is 8.93. The minimum atomic E-state index is 0. The van der Waals surface area contributed by atoms with Gasteiger partial charge in [-0.3, -0.25) is 0 Å². The Hall–Kier alpha value is 0.510. The van der Waals surface area contributed by atoms with Crippen LogP contribution in [0, 0.1) is 0 Å². The van der Waals surface area contributed by atoms with Crippen LogP contribution in [-0.2, 0) is 0 Å². The first-order valence-electron chi connectivity index (χ1n) is 1.87. The number of hydrogen-bond donors (Lipinski definition) is 0. The molecule has 0 heterocycles. The van der Waals surface area contributed by atoms with E-state index in [9.17, 15) is 0 Å². The van der Waals surface area contributed by atoms with Gasteiger partial charge in [-0.1, -0.05) is 11.6 Å². The fraction of sp³-hybridized carbons (Fsp3) is 0.600. The Kier molecular flexibility index (Phi) is 21.7. The number of allylic oxidation sites excluding steroid dienone is 2. The molecule has 0 unspecified atom stereocenters. The van der Waals surface area contributed by atoms with E-state index >= 15 is 0 Å². The van der Waals surface area contributed by atoms with Crippen LogP contribution in [0.25, 0.3) is 0 Å². The lowest BCUT2D eigenvalue weighted by molar-refractivity contribution is 1.36. The molecule has 0 amide bonds. The maximum Gasteiger partial charge on any atom is -0.0442 e. The first kappa shape index (κ1) is 15.6. The summed E-state index contributed by atoms with van der Waals surface area (Å²) in [5.74, 6) is 0. The normalized spacial score (nSPS) is 5.00. The average molecular weight is 188 g/mol. The molecule has 0 aliphatic heterocycles. The summed E-state index contributed by atoms with van der Waals surface area (Å²) >= 11 is 0. The van der Waals surface area contributed by atoms with Crippen molar-refractivity contribution in [2.45, 2.75) is 20.8 Å². The number of rotatable bonds is 0. The zero-order valence-corrected chi connectivity index (χ0v) is 7.42. The van der Waals surface area contributed by atoms with Gasteiger partial charge in [0.25, 0.3) is 0 Å². The molecule has 0 aliphatic rings. The highest BCUT2D eigenvalue weighted by Gasteiger charge is 1.60. The first-order valence-corrected chi connectivity index (χ1v) is 1.87. The van der Waals surface area contributed by atoms with E-state index in [1.807, 2.05) is 6.92 Å². The van der Waals surface area contributed by atoms with Gasteiger partial charge in [-0.05, 0) is 20.8 Å². The van der Waals surface area contributed by atoms with E-state index in [4.69, 9.17) is 0 Å². The van der Waals surface area contributed by atoms with E-state index < -0.39 is 0 Å². The maximum atomic E-state index is 2.08. The zero-order valence-electron chi connectivity index (χ0n) is 4.89. The van der Waals surface area contributed by atoms with Gasteiger partial charge in [0.15, 0.2) is 0 Å². The molecule has 0 bridgehead atoms. The van der Waals surface area contributed by atoms with Crippen molar-refractivity contribution in [3.05, 3.63) is 11.6 Å². The lowest BCUT2D eigenvalue weighted by atomic mass is 10.3. The van der Waals surface area contributed by atoms with Gasteiger partial charge in [0.1, 0.15) is 0 Å². The van der Waals surface area contributed by atoms with Crippen molar-refractivity contribution in [1.82, 2.24) is 0 Å². The van der Waals surface area contributed by atoms with Crippen LogP contribution < -0.4 is 0 Å². The summed E-state index contributed by atoms with van der Waals surface area (Å²) in [6.45, 7) is 6.20. The Morgan fingerprint density at radius 3 is 1.43 bits per heavy atom. The van der Waals surface area contributed by atoms with Crippen LogP contribution in [-0.4, -0.2) is 0 Å². The Morgan fingerprint density at radius 2 is 1.43 bits per heavy atom. The molecular formula is C5H12BrCl. The van der Waals surface area contributed by atoms with Crippen molar-refractivity contribution in [2.75, 3.05) is 0 Å². The average Bonchev–Trinajstić information content (AvgIpc) is 1.38. The molecule has 0 fully saturated rings. The van der Waals surface area contributed by atoms with Crippen LogP contribution in [0.3, 0.4) is 0 Å². The largest absolute Gasteiger partial charge is 0.147 e. The van der Waals surface area contributed by atoms with Gasteiger partial charge in [-0.15, -0.1) is 29.4 Å². The van der Waals surface area contributed by atoms with Crippen LogP contribution in [0.1, 0.15) is 20.8 Å². The second kappa shape index (κ2) is 9.72. The monoisotopic (exact) mass is 186 g/mol. The highest BCUT2D eigenvalue weighted by atomic mass is 79.9. The van der Waals surface area contributed by atoms with Crippen LogP contribution in [0.15, 0.2) is 11.6 Å². The van der Waals surface area contributed by atoms with Crippen LogP contribution in [0.5, 0.6) is 0 Å². The lowest BCUT2D eigenvalue weighted by Gasteiger charge is -1.74. The molecule has 2 heteroatoms. The van der Waals surface area contributed by atoms with E-state index in [-0.39, 0.29) is 29.4 Å². The standard InChI is InChI=1S/C5H10.BrH.ClH/c1-4-5(2)3;;/h4H,1-3H3;2*1H. The van der Waals surface area contributed by atoms with E-state index in [2.05, 4.69) is 19.9 Å². The fourth-order valence-corrected chi connectivity index (χ4v) is 0. The first-order chi connectivity index (χ1) is 2.27. The van der Waals surface area contributed by atoms with E-state index in [1.165, 1.54) is 5.57 Å². The molecule has 0 aliphatic carbocycles. The van der Waals surface area contributed by atoms with Gasteiger partial charge in [0.05, 0.1) is 0 Å². The quantitative estimate of drug-likeness (QED) is 0.512. The summed E-state index contributed by atoms with van der Waals surface area (Å²) < 4.78 is 0. The molecule has 0 aromatic heterocycles. The Morgan fingerprint density at radius 1 is 1.29 bits per heavy atom. The summed E-state index contributed by atoms with van der Waals surface area (Å²) in [6.07, 6.45) is 2.08. The SMILES string of the molecule is Br.CC=C(C)C.Cl. The summed E-state index contributed by atoms with van der Waals surface area (Å²) in [5, 5.41) is 0. The van der Waals surface area contributed by atoms with Gasteiger partial charge < -0.3 is 0 Å². The molecule has 0 saturated carbocycles. The molecule has 0 nitrogen and oxygen atoms in total. The van der Waals surface area contributed by atoms with E-state index in [1.54, 1.807) is 0 Å². The van der Waals surface area contributed by atoms with Gasteiger partial charge in [0, 0.05) is 0 Å². The van der Waals surface area contributed by atoms with Crippen molar-refractivity contribution < 1.29 is 0 Å². The van der Waals surface area contributed by atoms with E-state index in [0.717, 1.165) is 0 Å². The predicted molar refractivity (Wildman–Crippen MR) is 42.7 cm³/mol. The molecule has 0 spiro atoms. The van der Waals surface area contributed by atoms with E-state index in [0.29, 0.717) is 0 Å².